The molecule has 3 rings (SSSR count). The predicted octanol–water partition coefficient (Wildman–Crippen LogP) is 5.92. The molecule has 0 spiro atoms. The van der Waals surface area contributed by atoms with Crippen molar-refractivity contribution in [2.24, 2.45) is 0 Å². The van der Waals surface area contributed by atoms with Gasteiger partial charge >= 0.3 is 0 Å². The van der Waals surface area contributed by atoms with Crippen LogP contribution in [0.3, 0.4) is 0 Å². The molecule has 7 heteroatoms. The Morgan fingerprint density at radius 1 is 1.19 bits per heavy atom. The summed E-state index contributed by atoms with van der Waals surface area (Å²) in [5, 5.41) is 12.8. The van der Waals surface area contributed by atoms with E-state index in [1.54, 1.807) is 61.5 Å². The van der Waals surface area contributed by atoms with Crippen molar-refractivity contribution in [1.29, 1.82) is 5.26 Å². The summed E-state index contributed by atoms with van der Waals surface area (Å²) in [6.45, 7) is 1.74. The van der Waals surface area contributed by atoms with Gasteiger partial charge in [-0.2, -0.15) is 5.26 Å². The Kier molecular flexibility index (Phi) is 7.48. The first-order valence-electron chi connectivity index (χ1n) is 9.65. The fraction of sp³-hybridized carbons (Fsp3) is 0.120. The number of ether oxygens (including phenoxy) is 2. The van der Waals surface area contributed by atoms with Crippen molar-refractivity contribution in [1.82, 2.24) is 0 Å². The van der Waals surface area contributed by atoms with Crippen LogP contribution in [-0.2, 0) is 11.4 Å². The van der Waals surface area contributed by atoms with Crippen LogP contribution in [0, 0.1) is 24.1 Å². The highest BCUT2D eigenvalue weighted by Crippen LogP contribution is 2.29. The first kappa shape index (κ1) is 22.9. The van der Waals surface area contributed by atoms with Crippen molar-refractivity contribution in [2.45, 2.75) is 13.5 Å². The van der Waals surface area contributed by atoms with Crippen molar-refractivity contribution in [3.63, 3.8) is 0 Å². The monoisotopic (exact) mass is 450 g/mol. The van der Waals surface area contributed by atoms with Crippen LogP contribution < -0.4 is 14.8 Å². The van der Waals surface area contributed by atoms with Crippen molar-refractivity contribution in [2.75, 3.05) is 12.4 Å². The van der Waals surface area contributed by atoms with Gasteiger partial charge in [0.05, 0.1) is 7.11 Å². The van der Waals surface area contributed by atoms with E-state index >= 15 is 0 Å². The first-order chi connectivity index (χ1) is 15.4. The van der Waals surface area contributed by atoms with Gasteiger partial charge in [0.25, 0.3) is 5.91 Å². The number of anilines is 1. The Balaban J connectivity index is 1.89. The highest BCUT2D eigenvalue weighted by molar-refractivity contribution is 6.31. The van der Waals surface area contributed by atoms with Crippen LogP contribution in [0.5, 0.6) is 11.5 Å². The molecule has 0 bridgehead atoms. The third-order valence-corrected chi connectivity index (χ3v) is 5.15. The van der Waals surface area contributed by atoms with E-state index in [1.165, 1.54) is 19.3 Å². The molecule has 0 saturated carbocycles. The predicted molar refractivity (Wildman–Crippen MR) is 122 cm³/mol. The fourth-order valence-electron chi connectivity index (χ4n) is 2.89. The molecule has 0 atom stereocenters. The van der Waals surface area contributed by atoms with E-state index in [4.69, 9.17) is 21.1 Å². The summed E-state index contributed by atoms with van der Waals surface area (Å²) in [5.41, 5.74) is 1.91. The average molecular weight is 451 g/mol. The summed E-state index contributed by atoms with van der Waals surface area (Å²) in [5.74, 6) is -0.120. The molecule has 3 aromatic rings. The van der Waals surface area contributed by atoms with E-state index in [2.05, 4.69) is 5.32 Å². The summed E-state index contributed by atoms with van der Waals surface area (Å²) in [7, 11) is 1.51. The van der Waals surface area contributed by atoms with E-state index in [9.17, 15) is 14.4 Å². The number of nitriles is 1. The average Bonchev–Trinajstić information content (AvgIpc) is 2.80. The smallest absolute Gasteiger partial charge is 0.266 e. The van der Waals surface area contributed by atoms with Crippen LogP contribution in [0.1, 0.15) is 16.7 Å². The number of nitrogens with zero attached hydrogens (tertiary/aromatic N) is 1. The Morgan fingerprint density at radius 2 is 1.97 bits per heavy atom. The molecule has 0 heterocycles. The lowest BCUT2D eigenvalue weighted by Crippen LogP contribution is -2.14. The molecule has 1 N–H and O–H groups in total. The van der Waals surface area contributed by atoms with Gasteiger partial charge in [-0.05, 0) is 48.9 Å². The minimum atomic E-state index is -0.589. The largest absolute Gasteiger partial charge is 0.497 e. The maximum atomic E-state index is 14.0. The SMILES string of the molecule is COc1ccc(/C=C(\C#N)C(=O)Nc2cccc(Cl)c2C)c(OCc2ccccc2F)c1. The van der Waals surface area contributed by atoms with Crippen molar-refractivity contribution in [3.05, 3.63) is 93.8 Å². The molecule has 5 nitrogen and oxygen atoms in total. The Labute approximate surface area is 190 Å². The standard InChI is InChI=1S/C25H20ClFN2O3/c1-16-21(26)7-5-9-23(16)29-25(30)19(14-28)12-17-10-11-20(31-2)13-24(17)32-15-18-6-3-4-8-22(18)27/h3-13H,15H2,1-2H3,(H,29,30)/b19-12+. The third-order valence-electron chi connectivity index (χ3n) is 4.74. The normalized spacial score (nSPS) is 10.9. The molecular weight excluding hydrogens is 431 g/mol. The number of halogens is 2. The summed E-state index contributed by atoms with van der Waals surface area (Å²) in [6.07, 6.45) is 1.41. The zero-order chi connectivity index (χ0) is 23.1. The number of carbonyl (C=O) groups is 1. The van der Waals surface area contributed by atoms with Crippen LogP contribution in [0.15, 0.2) is 66.2 Å². The number of nitrogens with one attached hydrogen (secondary N) is 1. The highest BCUT2D eigenvalue weighted by atomic mass is 35.5. The van der Waals surface area contributed by atoms with Gasteiger partial charge in [-0.1, -0.05) is 35.9 Å². The molecule has 0 fully saturated rings. The number of hydrogen-bond donors (Lipinski definition) is 1. The zero-order valence-corrected chi connectivity index (χ0v) is 18.2. The number of methoxy groups -OCH3 is 1. The lowest BCUT2D eigenvalue weighted by molar-refractivity contribution is -0.112. The summed E-state index contributed by atoms with van der Waals surface area (Å²) in [4.78, 5) is 12.7. The molecule has 0 aliphatic carbocycles. The van der Waals surface area contributed by atoms with Gasteiger partial charge in [-0.15, -0.1) is 0 Å². The Morgan fingerprint density at radius 3 is 2.69 bits per heavy atom. The fourth-order valence-corrected chi connectivity index (χ4v) is 3.07. The van der Waals surface area contributed by atoms with Crippen molar-refractivity contribution >= 4 is 29.3 Å². The lowest BCUT2D eigenvalue weighted by atomic mass is 10.1. The van der Waals surface area contributed by atoms with E-state index in [0.717, 1.165) is 0 Å². The van der Waals surface area contributed by atoms with Gasteiger partial charge in [-0.3, -0.25) is 4.79 Å². The second-order valence-corrected chi connectivity index (χ2v) is 7.23. The molecule has 0 saturated heterocycles. The second-order valence-electron chi connectivity index (χ2n) is 6.82. The van der Waals surface area contributed by atoms with Gasteiger partial charge in [0.15, 0.2) is 0 Å². The molecule has 3 aromatic carbocycles. The van der Waals surface area contributed by atoms with E-state index < -0.39 is 5.91 Å². The van der Waals surface area contributed by atoms with Crippen LogP contribution in [0.4, 0.5) is 10.1 Å². The number of carbonyl (C=O) groups excluding carboxylic acids is 1. The van der Waals surface area contributed by atoms with Crippen LogP contribution >= 0.6 is 11.6 Å². The molecule has 0 aliphatic heterocycles. The topological polar surface area (TPSA) is 71.3 Å². The maximum absolute atomic E-state index is 14.0. The van der Waals surface area contributed by atoms with E-state index in [0.29, 0.717) is 38.9 Å². The van der Waals surface area contributed by atoms with Crippen LogP contribution in [0.25, 0.3) is 6.08 Å². The van der Waals surface area contributed by atoms with Crippen LogP contribution in [0.2, 0.25) is 5.02 Å². The molecule has 162 valence electrons. The number of benzene rings is 3. The van der Waals surface area contributed by atoms with Gasteiger partial charge in [0.1, 0.15) is 35.6 Å². The number of rotatable bonds is 7. The number of amides is 1. The van der Waals surface area contributed by atoms with Gasteiger partial charge in [0.2, 0.25) is 0 Å². The van der Waals surface area contributed by atoms with E-state index in [-0.39, 0.29) is 18.0 Å². The van der Waals surface area contributed by atoms with Gasteiger partial charge < -0.3 is 14.8 Å². The molecule has 0 aliphatic rings. The number of hydrogen-bond acceptors (Lipinski definition) is 4. The summed E-state index contributed by atoms with van der Waals surface area (Å²) < 4.78 is 25.0. The molecule has 32 heavy (non-hydrogen) atoms. The van der Waals surface area contributed by atoms with E-state index in [1.807, 2.05) is 6.07 Å². The molecule has 0 unspecified atom stereocenters. The second kappa shape index (κ2) is 10.5. The minimum absolute atomic E-state index is 0.0313. The summed E-state index contributed by atoms with van der Waals surface area (Å²) in [6, 6.07) is 18.3. The Hall–Kier alpha value is -3.82. The van der Waals surface area contributed by atoms with Crippen LogP contribution in [-0.4, -0.2) is 13.0 Å². The first-order valence-corrected chi connectivity index (χ1v) is 10.0. The van der Waals surface area contributed by atoms with Gasteiger partial charge in [-0.25, -0.2) is 4.39 Å². The molecule has 1 amide bonds. The zero-order valence-electron chi connectivity index (χ0n) is 17.5. The quantitative estimate of drug-likeness (QED) is 0.358. The Bertz CT molecular complexity index is 1220. The summed E-state index contributed by atoms with van der Waals surface area (Å²) >= 11 is 6.10. The third kappa shape index (κ3) is 5.45. The highest BCUT2D eigenvalue weighted by Gasteiger charge is 2.14. The van der Waals surface area contributed by atoms with Crippen molar-refractivity contribution < 1.29 is 18.7 Å². The maximum Gasteiger partial charge on any atom is 0.266 e. The minimum Gasteiger partial charge on any atom is -0.497 e. The lowest BCUT2D eigenvalue weighted by Gasteiger charge is -2.12. The molecule has 0 aromatic heterocycles. The van der Waals surface area contributed by atoms with Gasteiger partial charge in [0, 0.05) is 27.9 Å². The molecular formula is C25H20ClFN2O3. The van der Waals surface area contributed by atoms with Crippen molar-refractivity contribution in [3.8, 4) is 17.6 Å². The molecule has 0 radical (unpaired) electrons.